The molecule has 0 aliphatic carbocycles. The Morgan fingerprint density at radius 2 is 2.05 bits per heavy atom. The van der Waals surface area contributed by atoms with Crippen LogP contribution < -0.4 is 0 Å². The summed E-state index contributed by atoms with van der Waals surface area (Å²) in [5, 5.41) is 0.250. The van der Waals surface area contributed by atoms with Crippen molar-refractivity contribution in [2.24, 2.45) is 0 Å². The smallest absolute Gasteiger partial charge is 0.419 e. The molecule has 1 aromatic heterocycles. The minimum Gasteiger partial charge on any atom is -0.460 e. The molecular weight excluding hydrogens is 266 g/mol. The molecule has 0 amide bonds. The van der Waals surface area contributed by atoms with E-state index in [-0.39, 0.29) is 17.4 Å². The summed E-state index contributed by atoms with van der Waals surface area (Å²) in [6.45, 7) is 1.76. The summed E-state index contributed by atoms with van der Waals surface area (Å²) in [5.74, 6) is -1.36. The molecule has 0 fully saturated rings. The Morgan fingerprint density at radius 1 is 1.37 bits per heavy atom. The van der Waals surface area contributed by atoms with Gasteiger partial charge in [-0.2, -0.15) is 13.2 Å². The molecule has 2 rings (SSSR count). The lowest BCUT2D eigenvalue weighted by molar-refractivity contribution is -0.139. The van der Waals surface area contributed by atoms with Gasteiger partial charge in [0.15, 0.2) is 0 Å². The maximum atomic E-state index is 13.5. The first-order valence-corrected chi connectivity index (χ1v) is 5.31. The number of hydrogen-bond acceptors (Lipinski definition) is 2. The zero-order valence-corrected chi connectivity index (χ0v) is 9.72. The minimum absolute atomic E-state index is 0.130. The summed E-state index contributed by atoms with van der Waals surface area (Å²) in [6.07, 6.45) is -4.05. The van der Waals surface area contributed by atoms with Crippen LogP contribution in [0.3, 0.4) is 0 Å². The van der Waals surface area contributed by atoms with Gasteiger partial charge in [0, 0.05) is 22.7 Å². The maximum absolute atomic E-state index is 13.5. The number of rotatable bonds is 3. The van der Waals surface area contributed by atoms with Gasteiger partial charge in [-0.3, -0.25) is 4.79 Å². The molecule has 0 aliphatic rings. The molecule has 1 aromatic carbocycles. The number of H-pyrrole nitrogens is 1. The average Bonchev–Trinajstić information content (AvgIpc) is 2.69. The molecule has 0 saturated heterocycles. The highest BCUT2D eigenvalue weighted by molar-refractivity contribution is 5.84. The van der Waals surface area contributed by atoms with Gasteiger partial charge in [0.25, 0.3) is 6.47 Å². The van der Waals surface area contributed by atoms with E-state index < -0.39 is 23.7 Å². The molecule has 1 N–H and O–H groups in total. The van der Waals surface area contributed by atoms with Crippen molar-refractivity contribution in [1.29, 1.82) is 0 Å². The van der Waals surface area contributed by atoms with Crippen LogP contribution >= 0.6 is 0 Å². The lowest BCUT2D eigenvalue weighted by atomic mass is 10.1. The molecule has 102 valence electrons. The Morgan fingerprint density at radius 3 is 2.63 bits per heavy atom. The number of fused-ring (bicyclic) bond motifs is 1. The third-order valence-electron chi connectivity index (χ3n) is 2.80. The van der Waals surface area contributed by atoms with Crippen LogP contribution in [0.1, 0.15) is 24.2 Å². The largest absolute Gasteiger partial charge is 0.460 e. The number of carbonyl (C=O) groups is 1. The number of halogens is 4. The molecule has 19 heavy (non-hydrogen) atoms. The summed E-state index contributed by atoms with van der Waals surface area (Å²) in [7, 11) is 0. The van der Waals surface area contributed by atoms with E-state index in [0.29, 0.717) is 11.6 Å². The lowest BCUT2D eigenvalue weighted by Gasteiger charge is -2.10. The van der Waals surface area contributed by atoms with E-state index in [9.17, 15) is 22.4 Å². The van der Waals surface area contributed by atoms with Crippen LogP contribution in [0, 0.1) is 5.82 Å². The molecule has 3 nitrogen and oxygen atoms in total. The van der Waals surface area contributed by atoms with Gasteiger partial charge in [-0.1, -0.05) is 0 Å². The summed E-state index contributed by atoms with van der Waals surface area (Å²) in [5.41, 5.74) is -0.794. The third-order valence-corrected chi connectivity index (χ3v) is 2.80. The number of benzene rings is 1. The van der Waals surface area contributed by atoms with Crippen LogP contribution in [-0.4, -0.2) is 11.5 Å². The molecule has 1 atom stereocenters. The Kier molecular flexibility index (Phi) is 3.21. The van der Waals surface area contributed by atoms with Crippen molar-refractivity contribution < 1.29 is 27.1 Å². The number of aromatic amines is 1. The van der Waals surface area contributed by atoms with Crippen LogP contribution in [0.5, 0.6) is 0 Å². The van der Waals surface area contributed by atoms with Crippen LogP contribution in [0.25, 0.3) is 10.9 Å². The minimum atomic E-state index is -4.76. The van der Waals surface area contributed by atoms with E-state index in [0.717, 1.165) is 6.07 Å². The quantitative estimate of drug-likeness (QED) is 0.687. The fourth-order valence-corrected chi connectivity index (χ4v) is 1.87. The topological polar surface area (TPSA) is 42.1 Å². The third kappa shape index (κ3) is 2.40. The van der Waals surface area contributed by atoms with Crippen molar-refractivity contribution in [3.63, 3.8) is 0 Å². The average molecular weight is 275 g/mol. The molecule has 2 aromatic rings. The fourth-order valence-electron chi connectivity index (χ4n) is 1.87. The van der Waals surface area contributed by atoms with Crippen molar-refractivity contribution >= 4 is 17.4 Å². The Labute approximate surface area is 105 Å². The molecular formula is C12H9F4NO2. The Hall–Kier alpha value is -2.05. The van der Waals surface area contributed by atoms with Crippen LogP contribution in [0.4, 0.5) is 17.6 Å². The Bertz CT molecular complexity index is 618. The second-order valence-corrected chi connectivity index (χ2v) is 3.99. The van der Waals surface area contributed by atoms with Crippen molar-refractivity contribution in [2.45, 2.75) is 19.2 Å². The van der Waals surface area contributed by atoms with Gasteiger partial charge in [0.05, 0.1) is 5.56 Å². The molecule has 0 spiro atoms. The summed E-state index contributed by atoms with van der Waals surface area (Å²) < 4.78 is 55.8. The van der Waals surface area contributed by atoms with Crippen molar-refractivity contribution in [3.8, 4) is 0 Å². The van der Waals surface area contributed by atoms with E-state index in [1.54, 1.807) is 0 Å². The SMILES string of the molecule is CC(OC=O)c1c[nH]c2cc(C(F)(F)F)c(F)cc12. The van der Waals surface area contributed by atoms with Crippen molar-refractivity contribution in [3.05, 3.63) is 35.3 Å². The number of carbonyl (C=O) groups excluding carboxylic acids is 1. The van der Waals surface area contributed by atoms with Gasteiger partial charge in [-0.25, -0.2) is 4.39 Å². The highest BCUT2D eigenvalue weighted by Crippen LogP contribution is 2.35. The van der Waals surface area contributed by atoms with E-state index in [4.69, 9.17) is 0 Å². The van der Waals surface area contributed by atoms with E-state index in [2.05, 4.69) is 9.72 Å². The molecule has 0 radical (unpaired) electrons. The zero-order chi connectivity index (χ0) is 14.2. The van der Waals surface area contributed by atoms with E-state index in [1.165, 1.54) is 13.1 Å². The van der Waals surface area contributed by atoms with Crippen LogP contribution in [-0.2, 0) is 15.7 Å². The second kappa shape index (κ2) is 4.56. The molecule has 7 heteroatoms. The second-order valence-electron chi connectivity index (χ2n) is 3.99. The number of hydrogen-bond donors (Lipinski definition) is 1. The summed E-state index contributed by atoms with van der Waals surface area (Å²) in [6, 6.07) is 1.48. The van der Waals surface area contributed by atoms with E-state index in [1.807, 2.05) is 0 Å². The number of ether oxygens (including phenoxy) is 1. The monoisotopic (exact) mass is 275 g/mol. The van der Waals surface area contributed by atoms with Crippen molar-refractivity contribution in [2.75, 3.05) is 0 Å². The van der Waals surface area contributed by atoms with E-state index >= 15 is 0 Å². The van der Waals surface area contributed by atoms with Crippen LogP contribution in [0.15, 0.2) is 18.3 Å². The number of alkyl halides is 3. The fraction of sp³-hybridized carbons (Fsp3) is 0.250. The Balaban J connectivity index is 2.57. The zero-order valence-electron chi connectivity index (χ0n) is 9.72. The number of aromatic nitrogens is 1. The predicted molar refractivity (Wildman–Crippen MR) is 58.8 cm³/mol. The molecule has 1 unspecified atom stereocenters. The maximum Gasteiger partial charge on any atom is 0.419 e. The van der Waals surface area contributed by atoms with Gasteiger partial charge in [-0.15, -0.1) is 0 Å². The first-order valence-electron chi connectivity index (χ1n) is 5.31. The van der Waals surface area contributed by atoms with Gasteiger partial charge < -0.3 is 9.72 Å². The molecule has 0 saturated carbocycles. The van der Waals surface area contributed by atoms with Gasteiger partial charge in [0.1, 0.15) is 11.9 Å². The number of nitrogens with one attached hydrogen (secondary N) is 1. The molecule has 0 bridgehead atoms. The standard InChI is InChI=1S/C12H9F4NO2/c1-6(19-5-18)8-4-17-11-3-9(12(14,15)16)10(13)2-7(8)11/h2-6,17H,1H3. The first-order chi connectivity index (χ1) is 8.84. The highest BCUT2D eigenvalue weighted by atomic mass is 19.4. The normalized spacial score (nSPS) is 13.5. The van der Waals surface area contributed by atoms with Gasteiger partial charge in [0.2, 0.25) is 0 Å². The summed E-state index contributed by atoms with van der Waals surface area (Å²) in [4.78, 5) is 12.8. The highest BCUT2D eigenvalue weighted by Gasteiger charge is 2.34. The molecule has 1 heterocycles. The van der Waals surface area contributed by atoms with Gasteiger partial charge in [-0.05, 0) is 19.1 Å². The first kappa shape index (κ1) is 13.4. The van der Waals surface area contributed by atoms with Gasteiger partial charge >= 0.3 is 6.18 Å². The molecule has 0 aliphatic heterocycles. The summed E-state index contributed by atoms with van der Waals surface area (Å²) >= 11 is 0. The van der Waals surface area contributed by atoms with Crippen molar-refractivity contribution in [1.82, 2.24) is 4.98 Å². The lowest BCUT2D eigenvalue weighted by Crippen LogP contribution is -2.08. The predicted octanol–water partition coefficient (Wildman–Crippen LogP) is 3.56. The van der Waals surface area contributed by atoms with Crippen LogP contribution in [0.2, 0.25) is 0 Å².